The summed E-state index contributed by atoms with van der Waals surface area (Å²) >= 11 is 0. The summed E-state index contributed by atoms with van der Waals surface area (Å²) in [5, 5.41) is 0. The van der Waals surface area contributed by atoms with E-state index in [-0.39, 0.29) is 0 Å². The maximum Gasteiger partial charge on any atom is 0.240 e. The zero-order valence-electron chi connectivity index (χ0n) is 11.0. The van der Waals surface area contributed by atoms with Gasteiger partial charge in [-0.2, -0.15) is 0 Å². The van der Waals surface area contributed by atoms with Crippen molar-refractivity contribution in [3.05, 3.63) is 29.8 Å². The number of benzene rings is 1. The SMILES string of the molecule is CCC(CC)CNS(=O)(=O)c1ccc(CN)cc1. The minimum absolute atomic E-state index is 0.297. The first-order valence-electron chi connectivity index (χ1n) is 6.32. The van der Waals surface area contributed by atoms with Gasteiger partial charge in [0.05, 0.1) is 4.90 Å². The van der Waals surface area contributed by atoms with Crippen LogP contribution in [0.5, 0.6) is 0 Å². The van der Waals surface area contributed by atoms with Crippen molar-refractivity contribution in [2.24, 2.45) is 11.7 Å². The molecule has 0 amide bonds. The van der Waals surface area contributed by atoms with Crippen LogP contribution in [0.4, 0.5) is 0 Å². The molecule has 1 rings (SSSR count). The number of hydrogen-bond donors (Lipinski definition) is 2. The topological polar surface area (TPSA) is 72.2 Å². The lowest BCUT2D eigenvalue weighted by atomic mass is 10.0. The minimum Gasteiger partial charge on any atom is -0.326 e. The summed E-state index contributed by atoms with van der Waals surface area (Å²) < 4.78 is 26.7. The van der Waals surface area contributed by atoms with Gasteiger partial charge in [-0.3, -0.25) is 0 Å². The van der Waals surface area contributed by atoms with Crippen LogP contribution >= 0.6 is 0 Å². The first-order chi connectivity index (χ1) is 8.53. The largest absolute Gasteiger partial charge is 0.326 e. The van der Waals surface area contributed by atoms with E-state index < -0.39 is 10.0 Å². The van der Waals surface area contributed by atoms with Gasteiger partial charge in [-0.15, -0.1) is 0 Å². The Morgan fingerprint density at radius 2 is 1.72 bits per heavy atom. The van der Waals surface area contributed by atoms with Crippen LogP contribution in [0.3, 0.4) is 0 Å². The van der Waals surface area contributed by atoms with Gasteiger partial charge in [-0.05, 0) is 23.6 Å². The average Bonchev–Trinajstić information content (AvgIpc) is 2.40. The second-order valence-corrected chi connectivity index (χ2v) is 6.15. The Labute approximate surface area is 110 Å². The van der Waals surface area contributed by atoms with E-state index in [2.05, 4.69) is 18.6 Å². The molecule has 1 aromatic carbocycles. The maximum atomic E-state index is 12.0. The molecule has 0 fully saturated rings. The molecule has 1 aromatic rings. The van der Waals surface area contributed by atoms with Gasteiger partial charge >= 0.3 is 0 Å². The normalized spacial score (nSPS) is 12.0. The molecule has 0 aromatic heterocycles. The van der Waals surface area contributed by atoms with Crippen molar-refractivity contribution in [1.29, 1.82) is 0 Å². The first-order valence-corrected chi connectivity index (χ1v) is 7.80. The van der Waals surface area contributed by atoms with Crippen molar-refractivity contribution < 1.29 is 8.42 Å². The Balaban J connectivity index is 2.73. The lowest BCUT2D eigenvalue weighted by Crippen LogP contribution is -2.29. The van der Waals surface area contributed by atoms with E-state index in [1.165, 1.54) is 0 Å². The summed E-state index contributed by atoms with van der Waals surface area (Å²) in [5.41, 5.74) is 6.40. The molecule has 18 heavy (non-hydrogen) atoms. The third-order valence-corrected chi connectivity index (χ3v) is 4.63. The lowest BCUT2D eigenvalue weighted by Gasteiger charge is -2.13. The molecule has 0 aliphatic heterocycles. The van der Waals surface area contributed by atoms with Gasteiger partial charge in [0, 0.05) is 13.1 Å². The van der Waals surface area contributed by atoms with Gasteiger partial charge in [0.1, 0.15) is 0 Å². The van der Waals surface area contributed by atoms with Crippen molar-refractivity contribution >= 4 is 10.0 Å². The van der Waals surface area contributed by atoms with Gasteiger partial charge in [0.15, 0.2) is 0 Å². The average molecular weight is 270 g/mol. The fraction of sp³-hybridized carbons (Fsp3) is 0.538. The molecule has 0 saturated carbocycles. The Morgan fingerprint density at radius 1 is 1.17 bits per heavy atom. The fourth-order valence-electron chi connectivity index (χ4n) is 1.69. The van der Waals surface area contributed by atoms with Gasteiger partial charge in [0.2, 0.25) is 10.0 Å². The summed E-state index contributed by atoms with van der Waals surface area (Å²) in [7, 11) is -3.39. The molecule has 102 valence electrons. The smallest absolute Gasteiger partial charge is 0.240 e. The van der Waals surface area contributed by atoms with Crippen molar-refractivity contribution in [2.45, 2.75) is 38.1 Å². The second-order valence-electron chi connectivity index (χ2n) is 4.38. The summed E-state index contributed by atoms with van der Waals surface area (Å²) in [6.07, 6.45) is 1.95. The number of nitrogens with two attached hydrogens (primary N) is 1. The van der Waals surface area contributed by atoms with Gasteiger partial charge in [-0.25, -0.2) is 13.1 Å². The van der Waals surface area contributed by atoms with Crippen LogP contribution in [0.2, 0.25) is 0 Å². The first kappa shape index (κ1) is 15.1. The molecular weight excluding hydrogens is 248 g/mol. The Kier molecular flexibility index (Phi) is 5.78. The van der Waals surface area contributed by atoms with Crippen LogP contribution in [-0.4, -0.2) is 15.0 Å². The number of sulfonamides is 1. The van der Waals surface area contributed by atoms with Crippen molar-refractivity contribution in [2.75, 3.05) is 6.54 Å². The molecule has 3 N–H and O–H groups in total. The molecular formula is C13H22N2O2S. The second kappa shape index (κ2) is 6.87. The molecule has 0 saturated heterocycles. The molecule has 0 bridgehead atoms. The standard InChI is InChI=1S/C13H22N2O2S/c1-3-11(4-2)10-15-18(16,17)13-7-5-12(9-14)6-8-13/h5-8,11,15H,3-4,9-10,14H2,1-2H3. The van der Waals surface area contributed by atoms with Gasteiger partial charge in [-0.1, -0.05) is 38.8 Å². The molecule has 5 heteroatoms. The van der Waals surface area contributed by atoms with Crippen molar-refractivity contribution in [3.63, 3.8) is 0 Å². The van der Waals surface area contributed by atoms with E-state index in [0.717, 1.165) is 18.4 Å². The summed E-state index contributed by atoms with van der Waals surface area (Å²) in [4.78, 5) is 0.297. The molecule has 0 aliphatic carbocycles. The van der Waals surface area contributed by atoms with Crippen molar-refractivity contribution in [1.82, 2.24) is 4.72 Å². The Hall–Kier alpha value is -0.910. The molecule has 0 spiro atoms. The molecule has 0 radical (unpaired) electrons. The highest BCUT2D eigenvalue weighted by Gasteiger charge is 2.15. The third-order valence-electron chi connectivity index (χ3n) is 3.19. The van der Waals surface area contributed by atoms with Crippen LogP contribution in [0.25, 0.3) is 0 Å². The van der Waals surface area contributed by atoms with Crippen LogP contribution < -0.4 is 10.5 Å². The van der Waals surface area contributed by atoms with Crippen LogP contribution in [0, 0.1) is 5.92 Å². The summed E-state index contributed by atoms with van der Waals surface area (Å²) in [6.45, 7) is 5.05. The van der Waals surface area contributed by atoms with Crippen LogP contribution in [0.15, 0.2) is 29.2 Å². The van der Waals surface area contributed by atoms with E-state index in [1.807, 2.05) is 0 Å². The number of hydrogen-bond acceptors (Lipinski definition) is 3. The number of rotatable bonds is 7. The fourth-order valence-corrected chi connectivity index (χ4v) is 2.81. The van der Waals surface area contributed by atoms with Crippen LogP contribution in [-0.2, 0) is 16.6 Å². The van der Waals surface area contributed by atoms with Gasteiger partial charge in [0.25, 0.3) is 0 Å². The molecule has 0 heterocycles. The highest BCUT2D eigenvalue weighted by Crippen LogP contribution is 2.12. The molecule has 0 aliphatic rings. The molecule has 0 unspecified atom stereocenters. The van der Waals surface area contributed by atoms with Crippen molar-refractivity contribution in [3.8, 4) is 0 Å². The predicted molar refractivity (Wildman–Crippen MR) is 73.6 cm³/mol. The Morgan fingerprint density at radius 3 is 2.17 bits per heavy atom. The molecule has 0 atom stereocenters. The minimum atomic E-state index is -3.39. The monoisotopic (exact) mass is 270 g/mol. The number of nitrogens with one attached hydrogen (secondary N) is 1. The predicted octanol–water partition coefficient (Wildman–Crippen LogP) is 1.86. The van der Waals surface area contributed by atoms with E-state index in [9.17, 15) is 8.42 Å². The summed E-state index contributed by atoms with van der Waals surface area (Å²) in [6, 6.07) is 6.67. The van der Waals surface area contributed by atoms with Crippen LogP contribution in [0.1, 0.15) is 32.3 Å². The van der Waals surface area contributed by atoms with E-state index in [0.29, 0.717) is 23.9 Å². The lowest BCUT2D eigenvalue weighted by molar-refractivity contribution is 0.479. The quantitative estimate of drug-likeness (QED) is 0.794. The highest BCUT2D eigenvalue weighted by molar-refractivity contribution is 7.89. The van der Waals surface area contributed by atoms with Gasteiger partial charge < -0.3 is 5.73 Å². The maximum absolute atomic E-state index is 12.0. The van der Waals surface area contributed by atoms with E-state index >= 15 is 0 Å². The zero-order valence-corrected chi connectivity index (χ0v) is 11.8. The third kappa shape index (κ3) is 4.08. The summed E-state index contributed by atoms with van der Waals surface area (Å²) in [5.74, 6) is 0.392. The van der Waals surface area contributed by atoms with E-state index in [1.54, 1.807) is 24.3 Å². The van der Waals surface area contributed by atoms with E-state index in [4.69, 9.17) is 5.73 Å². The molecule has 4 nitrogen and oxygen atoms in total. The highest BCUT2D eigenvalue weighted by atomic mass is 32.2. The zero-order chi connectivity index (χ0) is 13.6. The Bertz CT molecular complexity index is 450.